The van der Waals surface area contributed by atoms with Crippen LogP contribution in [-0.2, 0) is 0 Å². The minimum absolute atomic E-state index is 0.419. The minimum Gasteiger partial charge on any atom is -0.437 e. The van der Waals surface area contributed by atoms with E-state index in [0.29, 0.717) is 11.6 Å². The Morgan fingerprint density at radius 3 is 2.54 bits per heavy atom. The van der Waals surface area contributed by atoms with Crippen molar-refractivity contribution in [3.8, 4) is 0 Å². The van der Waals surface area contributed by atoms with E-state index < -0.39 is 0 Å². The van der Waals surface area contributed by atoms with Crippen molar-refractivity contribution in [1.29, 1.82) is 0 Å². The van der Waals surface area contributed by atoms with E-state index in [1.807, 2.05) is 19.2 Å². The molecule has 0 aliphatic rings. The second kappa shape index (κ2) is 7.28. The fourth-order valence-electron chi connectivity index (χ4n) is 3.29. The van der Waals surface area contributed by atoms with Crippen molar-refractivity contribution in [3.63, 3.8) is 0 Å². The Morgan fingerprint density at radius 1 is 1.12 bits per heavy atom. The van der Waals surface area contributed by atoms with Crippen molar-refractivity contribution in [1.82, 2.24) is 4.98 Å². The third kappa shape index (κ3) is 3.34. The third-order valence-corrected chi connectivity index (χ3v) is 4.71. The molecule has 0 saturated heterocycles. The van der Waals surface area contributed by atoms with Crippen LogP contribution in [0.1, 0.15) is 37.6 Å². The van der Waals surface area contributed by atoms with E-state index >= 15 is 0 Å². The van der Waals surface area contributed by atoms with Gasteiger partial charge in [-0.3, -0.25) is 4.99 Å². The van der Waals surface area contributed by atoms with Crippen molar-refractivity contribution >= 4 is 33.9 Å². The van der Waals surface area contributed by atoms with Crippen molar-refractivity contribution in [2.45, 2.75) is 34.6 Å². The first kappa shape index (κ1) is 18.1. The summed E-state index contributed by atoms with van der Waals surface area (Å²) in [6.45, 7) is 10.6. The van der Waals surface area contributed by atoms with Gasteiger partial charge in [0.25, 0.3) is 0 Å². The van der Waals surface area contributed by atoms with Crippen LogP contribution in [0.25, 0.3) is 27.6 Å². The molecular formula is C23H26N2O. The highest BCUT2D eigenvalue weighted by Gasteiger charge is 2.15. The molecule has 1 aromatic carbocycles. The van der Waals surface area contributed by atoms with E-state index in [1.165, 1.54) is 16.7 Å². The summed E-state index contributed by atoms with van der Waals surface area (Å²) in [6.07, 6.45) is 6.16. The smallest absolute Gasteiger partial charge is 0.227 e. The highest BCUT2D eigenvalue weighted by Crippen LogP contribution is 2.35. The van der Waals surface area contributed by atoms with Crippen LogP contribution < -0.4 is 0 Å². The maximum absolute atomic E-state index is 6.19. The predicted octanol–water partition coefficient (Wildman–Crippen LogP) is 6.28. The number of fused-ring (bicyclic) bond motifs is 3. The summed E-state index contributed by atoms with van der Waals surface area (Å²) in [5.74, 6) is 0.419. The zero-order chi connectivity index (χ0) is 18.8. The number of rotatable bonds is 4. The molecule has 134 valence electrons. The molecule has 0 aliphatic carbocycles. The first-order chi connectivity index (χ1) is 12.4. The maximum atomic E-state index is 6.19. The summed E-state index contributed by atoms with van der Waals surface area (Å²) in [6, 6.07) is 8.42. The van der Waals surface area contributed by atoms with Crippen molar-refractivity contribution in [2.75, 3.05) is 7.05 Å². The molecule has 3 rings (SSSR count). The molecule has 0 N–H and O–H groups in total. The first-order valence-corrected chi connectivity index (χ1v) is 9.02. The Bertz CT molecular complexity index is 1050. The van der Waals surface area contributed by atoms with Gasteiger partial charge in [0.05, 0.1) is 0 Å². The van der Waals surface area contributed by atoms with E-state index in [1.54, 1.807) is 7.05 Å². The summed E-state index contributed by atoms with van der Waals surface area (Å²) >= 11 is 0. The van der Waals surface area contributed by atoms with Crippen LogP contribution in [0.5, 0.6) is 0 Å². The molecule has 0 unspecified atom stereocenters. The van der Waals surface area contributed by atoms with Gasteiger partial charge in [0.2, 0.25) is 5.71 Å². The fourth-order valence-corrected chi connectivity index (χ4v) is 3.29. The lowest BCUT2D eigenvalue weighted by atomic mass is 9.94. The van der Waals surface area contributed by atoms with Crippen molar-refractivity contribution in [3.05, 3.63) is 58.8 Å². The zero-order valence-corrected chi connectivity index (χ0v) is 16.4. The molecule has 26 heavy (non-hydrogen) atoms. The Labute approximate surface area is 155 Å². The number of aliphatic imine (C=N–C) groups is 1. The number of nitrogens with zero attached hydrogens (tertiary/aromatic N) is 2. The molecule has 2 heterocycles. The molecule has 0 amide bonds. The lowest BCUT2D eigenvalue weighted by Crippen LogP contribution is -1.94. The van der Waals surface area contributed by atoms with E-state index in [-0.39, 0.29) is 0 Å². The van der Waals surface area contributed by atoms with E-state index in [4.69, 9.17) is 4.42 Å². The number of benzene rings is 1. The molecule has 0 spiro atoms. The van der Waals surface area contributed by atoms with Gasteiger partial charge in [0, 0.05) is 35.3 Å². The largest absolute Gasteiger partial charge is 0.437 e. The first-order valence-electron chi connectivity index (χ1n) is 9.02. The van der Waals surface area contributed by atoms with E-state index in [0.717, 1.165) is 27.6 Å². The second-order valence-corrected chi connectivity index (χ2v) is 7.10. The van der Waals surface area contributed by atoms with Crippen molar-refractivity contribution in [2.24, 2.45) is 10.9 Å². The van der Waals surface area contributed by atoms with Gasteiger partial charge in [-0.1, -0.05) is 32.1 Å². The Balaban J connectivity index is 2.24. The monoisotopic (exact) mass is 346 g/mol. The second-order valence-electron chi connectivity index (χ2n) is 7.10. The number of allylic oxidation sites excluding steroid dienone is 4. The fraction of sp³-hybridized carbons (Fsp3) is 0.304. The van der Waals surface area contributed by atoms with Gasteiger partial charge < -0.3 is 4.42 Å². The molecule has 0 radical (unpaired) electrons. The molecule has 3 nitrogen and oxygen atoms in total. The molecule has 3 heteroatoms. The average Bonchev–Trinajstić information content (AvgIpc) is 2.94. The van der Waals surface area contributed by atoms with E-state index in [2.05, 4.69) is 68.0 Å². The number of furan rings is 1. The molecule has 2 aromatic heterocycles. The quantitative estimate of drug-likeness (QED) is 0.411. The molecule has 3 aromatic rings. The van der Waals surface area contributed by atoms with Gasteiger partial charge in [-0.25, -0.2) is 4.98 Å². The maximum Gasteiger partial charge on any atom is 0.227 e. The van der Waals surface area contributed by atoms with Gasteiger partial charge in [0.15, 0.2) is 0 Å². The van der Waals surface area contributed by atoms with Crippen LogP contribution in [0.15, 0.2) is 51.4 Å². The summed E-state index contributed by atoms with van der Waals surface area (Å²) in [5.41, 5.74) is 7.37. The van der Waals surface area contributed by atoms with E-state index in [9.17, 15) is 0 Å². The van der Waals surface area contributed by atoms with Crippen LogP contribution in [-0.4, -0.2) is 18.2 Å². The van der Waals surface area contributed by atoms with Gasteiger partial charge in [-0.2, -0.15) is 0 Å². The molecule has 0 fully saturated rings. The summed E-state index contributed by atoms with van der Waals surface area (Å²) in [4.78, 5) is 8.64. The number of pyridine rings is 1. The average molecular weight is 346 g/mol. The Hall–Kier alpha value is -2.68. The normalized spacial score (nSPS) is 13.7. The highest BCUT2D eigenvalue weighted by atomic mass is 16.3. The van der Waals surface area contributed by atoms with Gasteiger partial charge in [-0.05, 0) is 61.6 Å². The minimum atomic E-state index is 0.419. The van der Waals surface area contributed by atoms with Crippen LogP contribution in [0.2, 0.25) is 0 Å². The van der Waals surface area contributed by atoms with Crippen LogP contribution in [0, 0.1) is 19.8 Å². The molecule has 0 atom stereocenters. The SMILES string of the molecule is CN=C/C=C(\C=C(/C)c1c(C)ccc2c1oc1nc(C)ccc12)C(C)C. The molecule has 0 saturated carbocycles. The molecule has 0 bridgehead atoms. The zero-order valence-electron chi connectivity index (χ0n) is 16.4. The van der Waals surface area contributed by atoms with Crippen molar-refractivity contribution < 1.29 is 4.42 Å². The Kier molecular flexibility index (Phi) is 5.08. The van der Waals surface area contributed by atoms with Crippen LogP contribution >= 0.6 is 0 Å². The summed E-state index contributed by atoms with van der Waals surface area (Å²) < 4.78 is 6.19. The van der Waals surface area contributed by atoms with Crippen LogP contribution in [0.3, 0.4) is 0 Å². The topological polar surface area (TPSA) is 38.4 Å². The highest BCUT2D eigenvalue weighted by molar-refractivity contribution is 6.07. The van der Waals surface area contributed by atoms with Gasteiger partial charge in [0.1, 0.15) is 5.58 Å². The summed E-state index contributed by atoms with van der Waals surface area (Å²) in [5, 5.41) is 2.18. The van der Waals surface area contributed by atoms with Gasteiger partial charge in [-0.15, -0.1) is 0 Å². The van der Waals surface area contributed by atoms with Crippen LogP contribution in [0.4, 0.5) is 0 Å². The lowest BCUT2D eigenvalue weighted by molar-refractivity contribution is 0.651. The summed E-state index contributed by atoms with van der Waals surface area (Å²) in [7, 11) is 1.79. The third-order valence-electron chi connectivity index (χ3n) is 4.71. The number of hydrogen-bond acceptors (Lipinski definition) is 3. The molecular weight excluding hydrogens is 320 g/mol. The molecule has 0 aliphatic heterocycles. The Morgan fingerprint density at radius 2 is 1.85 bits per heavy atom. The number of hydrogen-bond donors (Lipinski definition) is 0. The van der Waals surface area contributed by atoms with Gasteiger partial charge >= 0.3 is 0 Å². The standard InChI is InChI=1S/C23H26N2O/c1-14(2)18(11-12-24-6)13-16(4)21-15(3)7-9-19-20-10-8-17(5)25-23(20)26-22(19)21/h7-14H,1-6H3/b16-13+,18-11+,24-12?. The predicted molar refractivity (Wildman–Crippen MR) is 112 cm³/mol. The number of aromatic nitrogens is 1. The lowest BCUT2D eigenvalue weighted by Gasteiger charge is -2.11. The number of aryl methyl sites for hydroxylation is 2.